The van der Waals surface area contributed by atoms with Gasteiger partial charge in [-0.2, -0.15) is 5.10 Å². The van der Waals surface area contributed by atoms with Gasteiger partial charge in [0.25, 0.3) is 11.5 Å². The molecule has 9 heteroatoms. The number of aromatic nitrogens is 5. The summed E-state index contributed by atoms with van der Waals surface area (Å²) in [5.41, 5.74) is 0.305. The Hall–Kier alpha value is -3.33. The van der Waals surface area contributed by atoms with Gasteiger partial charge in [-0.05, 0) is 18.2 Å². The lowest BCUT2D eigenvalue weighted by molar-refractivity contribution is 0.0949. The molecule has 0 radical (unpaired) electrons. The smallest absolute Gasteiger partial charge is 0.265 e. The zero-order chi connectivity index (χ0) is 17.2. The van der Waals surface area contributed by atoms with Gasteiger partial charge in [-0.25, -0.2) is 14.6 Å². The molecule has 0 saturated carbocycles. The lowest BCUT2D eigenvalue weighted by atomic mass is 10.3. The van der Waals surface area contributed by atoms with Gasteiger partial charge in [-0.1, -0.05) is 12.1 Å². The zero-order valence-corrected chi connectivity index (χ0v) is 13.7. The van der Waals surface area contributed by atoms with Crippen LogP contribution in [0.2, 0.25) is 0 Å². The number of para-hydroxylation sites is 1. The maximum atomic E-state index is 12.2. The van der Waals surface area contributed by atoms with E-state index in [4.69, 9.17) is 0 Å². The van der Waals surface area contributed by atoms with Crippen LogP contribution in [0.1, 0.15) is 15.4 Å². The Morgan fingerprint density at radius 3 is 2.92 bits per heavy atom. The highest BCUT2D eigenvalue weighted by Gasteiger charge is 2.13. The molecule has 4 rings (SSSR count). The number of hydrogen-bond acceptors (Lipinski definition) is 6. The second-order valence-electron chi connectivity index (χ2n) is 5.16. The molecular formula is C16H12N6O2S. The monoisotopic (exact) mass is 352 g/mol. The van der Waals surface area contributed by atoms with Crippen molar-refractivity contribution >= 4 is 27.5 Å². The number of nitrogens with zero attached hydrogens (tertiary/aromatic N) is 4. The molecule has 124 valence electrons. The predicted molar refractivity (Wildman–Crippen MR) is 92.8 cm³/mol. The highest BCUT2D eigenvalue weighted by molar-refractivity contribution is 7.18. The number of amides is 1. The Labute approximate surface area is 145 Å². The minimum atomic E-state index is -0.526. The lowest BCUT2D eigenvalue weighted by Gasteiger charge is -2.04. The van der Waals surface area contributed by atoms with E-state index in [1.807, 2.05) is 24.3 Å². The van der Waals surface area contributed by atoms with Crippen molar-refractivity contribution < 1.29 is 4.79 Å². The summed E-state index contributed by atoms with van der Waals surface area (Å²) in [7, 11) is 0. The quantitative estimate of drug-likeness (QED) is 0.579. The third-order valence-electron chi connectivity index (χ3n) is 3.49. The van der Waals surface area contributed by atoms with Crippen LogP contribution in [-0.4, -0.2) is 30.6 Å². The third kappa shape index (κ3) is 3.04. The number of rotatable bonds is 4. The maximum absolute atomic E-state index is 12.2. The molecule has 0 atom stereocenters. The zero-order valence-electron chi connectivity index (χ0n) is 12.8. The third-order valence-corrected chi connectivity index (χ3v) is 4.53. The average Bonchev–Trinajstić information content (AvgIpc) is 3.28. The summed E-state index contributed by atoms with van der Waals surface area (Å²) in [4.78, 5) is 35.4. The first-order valence-electron chi connectivity index (χ1n) is 7.43. The van der Waals surface area contributed by atoms with Gasteiger partial charge in [0.2, 0.25) is 5.95 Å². The minimum absolute atomic E-state index is 0.0583. The van der Waals surface area contributed by atoms with Gasteiger partial charge in [0.15, 0.2) is 0 Å². The van der Waals surface area contributed by atoms with Crippen LogP contribution in [0.25, 0.3) is 16.2 Å². The van der Waals surface area contributed by atoms with Crippen LogP contribution < -0.4 is 10.9 Å². The number of fused-ring (bicyclic) bond motifs is 1. The van der Waals surface area contributed by atoms with Crippen LogP contribution in [0, 0.1) is 0 Å². The molecule has 1 aromatic carbocycles. The van der Waals surface area contributed by atoms with Crippen molar-refractivity contribution in [3.63, 3.8) is 0 Å². The van der Waals surface area contributed by atoms with E-state index in [0.29, 0.717) is 0 Å². The van der Waals surface area contributed by atoms with E-state index in [2.05, 4.69) is 25.4 Å². The molecule has 0 saturated heterocycles. The van der Waals surface area contributed by atoms with E-state index in [-0.39, 0.29) is 18.1 Å². The van der Waals surface area contributed by atoms with Gasteiger partial charge in [0.1, 0.15) is 10.6 Å². The number of aromatic amines is 1. The van der Waals surface area contributed by atoms with Crippen molar-refractivity contribution in [3.05, 3.63) is 69.8 Å². The van der Waals surface area contributed by atoms with Crippen LogP contribution in [0.4, 0.5) is 0 Å². The van der Waals surface area contributed by atoms with E-state index < -0.39 is 11.5 Å². The summed E-state index contributed by atoms with van der Waals surface area (Å²) in [5.74, 6) is -0.252. The minimum Gasteiger partial charge on any atom is -0.345 e. The highest BCUT2D eigenvalue weighted by Crippen LogP contribution is 2.21. The van der Waals surface area contributed by atoms with Gasteiger partial charge < -0.3 is 5.32 Å². The molecule has 0 unspecified atom stereocenters. The molecule has 3 heterocycles. The molecule has 0 fully saturated rings. The summed E-state index contributed by atoms with van der Waals surface area (Å²) in [6.45, 7) is 0.249. The molecule has 3 aromatic heterocycles. The molecule has 0 aliphatic carbocycles. The van der Waals surface area contributed by atoms with Gasteiger partial charge in [0, 0.05) is 18.6 Å². The van der Waals surface area contributed by atoms with Crippen molar-refractivity contribution in [2.24, 2.45) is 0 Å². The Balaban J connectivity index is 1.50. The fraction of sp³-hybridized carbons (Fsp3) is 0.0625. The van der Waals surface area contributed by atoms with Gasteiger partial charge >= 0.3 is 0 Å². The number of benzene rings is 1. The van der Waals surface area contributed by atoms with Crippen molar-refractivity contribution in [1.82, 2.24) is 30.0 Å². The molecule has 0 spiro atoms. The van der Waals surface area contributed by atoms with Crippen LogP contribution in [0.5, 0.6) is 0 Å². The maximum Gasteiger partial charge on any atom is 0.265 e. The number of carbonyl (C=O) groups is 1. The summed E-state index contributed by atoms with van der Waals surface area (Å²) in [5, 5.41) is 7.44. The molecule has 4 aromatic rings. The van der Waals surface area contributed by atoms with Crippen LogP contribution in [0.3, 0.4) is 0 Å². The largest absolute Gasteiger partial charge is 0.345 e. The van der Waals surface area contributed by atoms with Crippen molar-refractivity contribution in [1.29, 1.82) is 0 Å². The number of H-pyrrole nitrogens is 1. The van der Waals surface area contributed by atoms with Gasteiger partial charge in [-0.15, -0.1) is 11.3 Å². The topological polar surface area (TPSA) is 106 Å². The summed E-state index contributed by atoms with van der Waals surface area (Å²) in [6.07, 6.45) is 4.45. The number of thiazole rings is 1. The molecule has 8 nitrogen and oxygen atoms in total. The van der Waals surface area contributed by atoms with E-state index >= 15 is 0 Å². The Kier molecular flexibility index (Phi) is 3.82. The first-order chi connectivity index (χ1) is 12.2. The van der Waals surface area contributed by atoms with E-state index in [1.165, 1.54) is 22.2 Å². The van der Waals surface area contributed by atoms with E-state index in [1.54, 1.807) is 18.5 Å². The fourth-order valence-electron chi connectivity index (χ4n) is 2.30. The Bertz CT molecular complexity index is 1070. The summed E-state index contributed by atoms with van der Waals surface area (Å²) >= 11 is 1.50. The van der Waals surface area contributed by atoms with Crippen molar-refractivity contribution in [3.8, 4) is 5.95 Å². The first-order valence-corrected chi connectivity index (χ1v) is 8.24. The average molecular weight is 352 g/mol. The lowest BCUT2D eigenvalue weighted by Crippen LogP contribution is -2.30. The van der Waals surface area contributed by atoms with Crippen LogP contribution in [-0.2, 0) is 6.54 Å². The molecule has 0 aliphatic rings. The van der Waals surface area contributed by atoms with Crippen LogP contribution in [0.15, 0.2) is 53.7 Å². The van der Waals surface area contributed by atoms with Crippen molar-refractivity contribution in [2.75, 3.05) is 0 Å². The van der Waals surface area contributed by atoms with E-state index in [0.717, 1.165) is 15.2 Å². The number of carbonyl (C=O) groups excluding carboxylic acids is 1. The molecule has 25 heavy (non-hydrogen) atoms. The molecule has 0 bridgehead atoms. The predicted octanol–water partition coefficient (Wildman–Crippen LogP) is 1.50. The molecular weight excluding hydrogens is 340 g/mol. The second-order valence-corrected chi connectivity index (χ2v) is 6.27. The fourth-order valence-corrected chi connectivity index (χ4v) is 3.21. The van der Waals surface area contributed by atoms with Crippen LogP contribution >= 0.6 is 11.3 Å². The Morgan fingerprint density at radius 2 is 2.16 bits per heavy atom. The molecule has 2 N–H and O–H groups in total. The standard InChI is InChI=1S/C16H12N6O2S/c23-14(17-9-13-20-11-4-1-2-5-12(11)25-13)10-8-18-16(21-15(10)24)22-7-3-6-19-22/h1-8H,9H2,(H,17,23)(H,18,21,24). The normalized spacial score (nSPS) is 10.9. The Morgan fingerprint density at radius 1 is 1.28 bits per heavy atom. The molecule has 0 aliphatic heterocycles. The SMILES string of the molecule is O=C(NCc1nc2ccccc2s1)c1cnc(-n2cccn2)[nH]c1=O. The number of hydrogen-bond donors (Lipinski definition) is 2. The highest BCUT2D eigenvalue weighted by atomic mass is 32.1. The summed E-state index contributed by atoms with van der Waals surface area (Å²) in [6, 6.07) is 9.45. The van der Waals surface area contributed by atoms with E-state index in [9.17, 15) is 9.59 Å². The molecule has 1 amide bonds. The van der Waals surface area contributed by atoms with Crippen molar-refractivity contribution in [2.45, 2.75) is 6.54 Å². The summed E-state index contributed by atoms with van der Waals surface area (Å²) < 4.78 is 2.46. The first kappa shape index (κ1) is 15.2. The van der Waals surface area contributed by atoms with Gasteiger partial charge in [-0.3, -0.25) is 14.6 Å². The van der Waals surface area contributed by atoms with Gasteiger partial charge in [0.05, 0.1) is 16.8 Å². The number of nitrogens with one attached hydrogen (secondary N) is 2. The second kappa shape index (κ2) is 6.29.